The number of nitrogens with one attached hydrogen (secondary N) is 3. The van der Waals surface area contributed by atoms with E-state index in [9.17, 15) is 9.18 Å². The fourth-order valence-electron chi connectivity index (χ4n) is 4.18. The van der Waals surface area contributed by atoms with Crippen molar-refractivity contribution in [1.29, 1.82) is 0 Å². The van der Waals surface area contributed by atoms with Gasteiger partial charge in [-0.25, -0.2) is 4.39 Å². The Labute approximate surface area is 210 Å². The minimum atomic E-state index is -0.295. The van der Waals surface area contributed by atoms with E-state index in [-0.39, 0.29) is 17.8 Å². The third kappa shape index (κ3) is 5.94. The molecule has 1 amide bonds. The van der Waals surface area contributed by atoms with Crippen molar-refractivity contribution in [3.8, 4) is 22.6 Å². The van der Waals surface area contributed by atoms with Crippen LogP contribution in [0.15, 0.2) is 59.6 Å². The maximum atomic E-state index is 13.7. The number of halogens is 1. The summed E-state index contributed by atoms with van der Waals surface area (Å²) < 4.78 is 24.5. The summed E-state index contributed by atoms with van der Waals surface area (Å²) in [7, 11) is 3.18. The van der Waals surface area contributed by atoms with Gasteiger partial charge in [-0.15, -0.1) is 0 Å². The molecule has 7 nitrogen and oxygen atoms in total. The lowest BCUT2D eigenvalue weighted by Gasteiger charge is -2.18. The topological polar surface area (TPSA) is 84.0 Å². The number of amides is 1. The van der Waals surface area contributed by atoms with Gasteiger partial charge >= 0.3 is 0 Å². The van der Waals surface area contributed by atoms with Crippen molar-refractivity contribution >= 4 is 11.9 Å². The van der Waals surface area contributed by atoms with Gasteiger partial charge in [-0.05, 0) is 84.1 Å². The highest BCUT2D eigenvalue weighted by Gasteiger charge is 2.17. The van der Waals surface area contributed by atoms with E-state index >= 15 is 0 Å². The molecule has 1 heterocycles. The van der Waals surface area contributed by atoms with Gasteiger partial charge in [0.2, 0.25) is 0 Å². The first-order valence-electron chi connectivity index (χ1n) is 11.8. The summed E-state index contributed by atoms with van der Waals surface area (Å²) in [5.41, 5.74) is 4.79. The van der Waals surface area contributed by atoms with Gasteiger partial charge in [0.15, 0.2) is 5.96 Å². The van der Waals surface area contributed by atoms with Crippen LogP contribution in [0.1, 0.15) is 40.0 Å². The number of guanidine groups is 1. The largest absolute Gasteiger partial charge is 0.497 e. The first kappa shape index (κ1) is 25.0. The zero-order chi connectivity index (χ0) is 25.7. The van der Waals surface area contributed by atoms with Crippen LogP contribution >= 0.6 is 0 Å². The Hall–Kier alpha value is -4.07. The molecule has 1 unspecified atom stereocenters. The number of aryl methyl sites for hydroxylation is 1. The number of carbonyl (C=O) groups is 1. The SMILES string of the molecule is COc1cc(OC)cc(C(C)NC(=O)c2cc(CNC3=NCCN3)cc(-c3ccc(F)cc3C)c2)c1. The second-order valence-electron chi connectivity index (χ2n) is 8.73. The Kier molecular flexibility index (Phi) is 7.73. The second-order valence-corrected chi connectivity index (χ2v) is 8.73. The minimum Gasteiger partial charge on any atom is -0.497 e. The zero-order valence-electron chi connectivity index (χ0n) is 20.9. The lowest BCUT2D eigenvalue weighted by Crippen LogP contribution is -2.33. The average Bonchev–Trinajstić information content (AvgIpc) is 3.40. The number of hydrogen-bond acceptors (Lipinski definition) is 6. The van der Waals surface area contributed by atoms with Crippen molar-refractivity contribution in [2.75, 3.05) is 27.3 Å². The van der Waals surface area contributed by atoms with Gasteiger partial charge in [-0.2, -0.15) is 0 Å². The van der Waals surface area contributed by atoms with E-state index in [0.717, 1.165) is 46.9 Å². The molecule has 0 radical (unpaired) electrons. The van der Waals surface area contributed by atoms with E-state index in [0.29, 0.717) is 23.6 Å². The lowest BCUT2D eigenvalue weighted by molar-refractivity contribution is 0.0939. The Balaban J connectivity index is 1.63. The maximum absolute atomic E-state index is 13.7. The molecule has 0 spiro atoms. The van der Waals surface area contributed by atoms with Crippen molar-refractivity contribution in [2.24, 2.45) is 4.99 Å². The quantitative estimate of drug-likeness (QED) is 0.437. The molecule has 0 aromatic heterocycles. The number of benzene rings is 3. The highest BCUT2D eigenvalue weighted by molar-refractivity contribution is 5.96. The van der Waals surface area contributed by atoms with Gasteiger partial charge in [0, 0.05) is 24.7 Å². The monoisotopic (exact) mass is 490 g/mol. The summed E-state index contributed by atoms with van der Waals surface area (Å²) in [6.45, 7) is 5.79. The molecule has 0 saturated carbocycles. The summed E-state index contributed by atoms with van der Waals surface area (Å²) in [4.78, 5) is 17.7. The smallest absolute Gasteiger partial charge is 0.251 e. The van der Waals surface area contributed by atoms with E-state index in [1.165, 1.54) is 12.1 Å². The molecule has 3 aromatic carbocycles. The predicted molar refractivity (Wildman–Crippen MR) is 139 cm³/mol. The summed E-state index contributed by atoms with van der Waals surface area (Å²) in [5.74, 6) is 1.53. The molecule has 8 heteroatoms. The Morgan fingerprint density at radius 2 is 1.83 bits per heavy atom. The van der Waals surface area contributed by atoms with Crippen LogP contribution in [0.3, 0.4) is 0 Å². The lowest BCUT2D eigenvalue weighted by atomic mass is 9.96. The highest BCUT2D eigenvalue weighted by Crippen LogP contribution is 2.29. The molecule has 3 N–H and O–H groups in total. The summed E-state index contributed by atoms with van der Waals surface area (Å²) >= 11 is 0. The van der Waals surface area contributed by atoms with Crippen molar-refractivity contribution in [3.05, 3.63) is 82.7 Å². The first-order valence-corrected chi connectivity index (χ1v) is 11.8. The van der Waals surface area contributed by atoms with E-state index in [1.807, 2.05) is 44.2 Å². The molecule has 0 saturated heterocycles. The third-order valence-electron chi connectivity index (χ3n) is 6.11. The first-order chi connectivity index (χ1) is 17.4. The number of nitrogens with zero attached hydrogens (tertiary/aromatic N) is 1. The highest BCUT2D eigenvalue weighted by atomic mass is 19.1. The standard InChI is InChI=1S/C28H31FN4O3/c1-17-9-23(29)5-6-26(17)21-10-19(16-32-28-30-7-8-31-28)11-22(12-21)27(34)33-18(2)20-13-24(35-3)15-25(14-20)36-4/h5-6,9-15,18H,7-8,16H2,1-4H3,(H,33,34)(H2,30,31,32). The van der Waals surface area contributed by atoms with Gasteiger partial charge in [0.05, 0.1) is 26.8 Å². The zero-order valence-corrected chi connectivity index (χ0v) is 20.9. The molecule has 1 atom stereocenters. The van der Waals surface area contributed by atoms with Crippen LogP contribution in [-0.2, 0) is 6.54 Å². The van der Waals surface area contributed by atoms with Gasteiger partial charge in [-0.1, -0.05) is 6.07 Å². The number of aliphatic imine (C=N–C) groups is 1. The molecule has 0 fully saturated rings. The molecule has 0 aliphatic carbocycles. The molecule has 1 aliphatic rings. The molecule has 1 aliphatic heterocycles. The fourth-order valence-corrected chi connectivity index (χ4v) is 4.18. The summed E-state index contributed by atoms with van der Waals surface area (Å²) in [5, 5.41) is 9.54. The Bertz CT molecular complexity index is 1270. The van der Waals surface area contributed by atoms with Crippen LogP contribution in [0, 0.1) is 12.7 Å². The molecular weight excluding hydrogens is 459 g/mol. The molecule has 4 rings (SSSR count). The minimum absolute atomic E-state index is 0.219. The molecule has 188 valence electrons. The normalized spacial score (nSPS) is 13.4. The number of carbonyl (C=O) groups excluding carboxylic acids is 1. The molecular formula is C28H31FN4O3. The summed E-state index contributed by atoms with van der Waals surface area (Å²) in [6, 6.07) is 15.6. The Morgan fingerprint density at radius 3 is 2.47 bits per heavy atom. The number of rotatable bonds is 8. The van der Waals surface area contributed by atoms with Crippen LogP contribution in [0.4, 0.5) is 4.39 Å². The summed E-state index contributed by atoms with van der Waals surface area (Å²) in [6.07, 6.45) is 0. The van der Waals surface area contributed by atoms with Crippen LogP contribution in [-0.4, -0.2) is 39.2 Å². The second kappa shape index (κ2) is 11.1. The van der Waals surface area contributed by atoms with Crippen molar-refractivity contribution in [3.63, 3.8) is 0 Å². The van der Waals surface area contributed by atoms with E-state index < -0.39 is 0 Å². The van der Waals surface area contributed by atoms with Gasteiger partial charge in [-0.3, -0.25) is 9.79 Å². The van der Waals surface area contributed by atoms with Crippen LogP contribution in [0.25, 0.3) is 11.1 Å². The van der Waals surface area contributed by atoms with E-state index in [1.54, 1.807) is 26.4 Å². The van der Waals surface area contributed by atoms with Gasteiger partial charge in [0.1, 0.15) is 17.3 Å². The van der Waals surface area contributed by atoms with Gasteiger partial charge < -0.3 is 25.4 Å². The van der Waals surface area contributed by atoms with Crippen molar-refractivity contribution in [2.45, 2.75) is 26.4 Å². The number of ether oxygens (including phenoxy) is 2. The maximum Gasteiger partial charge on any atom is 0.251 e. The van der Waals surface area contributed by atoms with Crippen LogP contribution in [0.5, 0.6) is 11.5 Å². The van der Waals surface area contributed by atoms with Crippen LogP contribution in [0.2, 0.25) is 0 Å². The molecule has 3 aromatic rings. The van der Waals surface area contributed by atoms with Gasteiger partial charge in [0.25, 0.3) is 5.91 Å². The van der Waals surface area contributed by atoms with Crippen molar-refractivity contribution < 1.29 is 18.7 Å². The number of hydrogen-bond donors (Lipinski definition) is 3. The van der Waals surface area contributed by atoms with Crippen molar-refractivity contribution in [1.82, 2.24) is 16.0 Å². The fraction of sp³-hybridized carbons (Fsp3) is 0.286. The number of methoxy groups -OCH3 is 2. The van der Waals surface area contributed by atoms with Crippen LogP contribution < -0.4 is 25.4 Å². The molecule has 0 bridgehead atoms. The Morgan fingerprint density at radius 1 is 1.08 bits per heavy atom. The third-order valence-corrected chi connectivity index (χ3v) is 6.11. The van der Waals surface area contributed by atoms with E-state index in [2.05, 4.69) is 20.9 Å². The predicted octanol–water partition coefficient (Wildman–Crippen LogP) is 4.36. The average molecular weight is 491 g/mol. The van der Waals surface area contributed by atoms with E-state index in [4.69, 9.17) is 9.47 Å². The molecule has 36 heavy (non-hydrogen) atoms.